The predicted octanol–water partition coefficient (Wildman–Crippen LogP) is 1.34. The van der Waals surface area contributed by atoms with Gasteiger partial charge in [0.05, 0.1) is 0 Å². The van der Waals surface area contributed by atoms with Crippen molar-refractivity contribution in [1.82, 2.24) is 0 Å². The molecular weight excluding hydrogens is 133 g/mol. The van der Waals surface area contributed by atoms with Gasteiger partial charge < -0.3 is 13.2 Å². The fourth-order valence-electron chi connectivity index (χ4n) is 0. The van der Waals surface area contributed by atoms with Gasteiger partial charge in [0.1, 0.15) is 0 Å². The molecule has 5 heavy (non-hydrogen) atoms. The standard InChI is InChI=1S/CF3.Cu/c2-1(3)4;/q-1;+2. The van der Waals surface area contributed by atoms with Crippen LogP contribution in [0.3, 0.4) is 0 Å². The first-order valence-corrected chi connectivity index (χ1v) is 0.567. The van der Waals surface area contributed by atoms with Crippen molar-refractivity contribution in [2.45, 2.75) is 0 Å². The molecule has 0 fully saturated rings. The summed E-state index contributed by atoms with van der Waals surface area (Å²) >= 11 is 0. The maximum absolute atomic E-state index is 9.58. The molecule has 0 aliphatic rings. The number of hydrogen-bond donors (Lipinski definition) is 0. The molecule has 4 heteroatoms. The normalized spacial score (nSPS) is 7.20. The van der Waals surface area contributed by atoms with Gasteiger partial charge in [-0.3, -0.25) is 0 Å². The van der Waals surface area contributed by atoms with Crippen molar-refractivity contribution in [1.29, 1.82) is 0 Å². The van der Waals surface area contributed by atoms with Gasteiger partial charge in [-0.1, -0.05) is 0 Å². The Morgan fingerprint density at radius 2 is 1.00 bits per heavy atom. The molecule has 0 nitrogen and oxygen atoms in total. The van der Waals surface area contributed by atoms with Gasteiger partial charge >= 0.3 is 17.1 Å². The molecule has 0 spiro atoms. The van der Waals surface area contributed by atoms with E-state index in [1.807, 2.05) is 0 Å². The van der Waals surface area contributed by atoms with Crippen molar-refractivity contribution < 1.29 is 30.2 Å². The van der Waals surface area contributed by atoms with Crippen molar-refractivity contribution in [3.8, 4) is 0 Å². The third kappa shape index (κ3) is 240. The zero-order valence-electron chi connectivity index (χ0n) is 1.94. The molecule has 0 bridgehead atoms. The van der Waals surface area contributed by atoms with E-state index in [9.17, 15) is 13.2 Å². The van der Waals surface area contributed by atoms with Crippen LogP contribution in [-0.2, 0) is 17.1 Å². The van der Waals surface area contributed by atoms with E-state index in [0.717, 1.165) is 0 Å². The second-order valence-corrected chi connectivity index (χ2v) is 0.214. The molecule has 1 radical (unpaired) electrons. The molecule has 0 aromatic rings. The van der Waals surface area contributed by atoms with Gasteiger partial charge in [0.2, 0.25) is 0 Å². The zero-order chi connectivity index (χ0) is 3.58. The second kappa shape index (κ2) is 4.31. The molecule has 0 aromatic carbocycles. The van der Waals surface area contributed by atoms with Crippen molar-refractivity contribution in [2.24, 2.45) is 0 Å². The molecule has 0 saturated heterocycles. The van der Waals surface area contributed by atoms with Crippen molar-refractivity contribution >= 4 is 0 Å². The zero-order valence-corrected chi connectivity index (χ0v) is 2.88. The summed E-state index contributed by atoms with van der Waals surface area (Å²) in [4.78, 5) is 0. The maximum atomic E-state index is 9.58. The summed E-state index contributed by atoms with van der Waals surface area (Å²) < 4.78 is 28.8. The van der Waals surface area contributed by atoms with Crippen LogP contribution in [0, 0.1) is 6.68 Å². The predicted molar refractivity (Wildman–Crippen MR) is 6.57 cm³/mol. The molecular formula is CCuF3+. The Balaban J connectivity index is 0. The van der Waals surface area contributed by atoms with E-state index in [-0.39, 0.29) is 17.1 Å². The third-order valence-corrected chi connectivity index (χ3v) is 0. The summed E-state index contributed by atoms with van der Waals surface area (Å²) in [5.41, 5.74) is 0. The van der Waals surface area contributed by atoms with Crippen LogP contribution in [0.5, 0.6) is 0 Å². The van der Waals surface area contributed by atoms with Crippen LogP contribution in [0.15, 0.2) is 0 Å². The molecule has 35 valence electrons. The largest absolute Gasteiger partial charge is 2.00 e. The summed E-state index contributed by atoms with van der Waals surface area (Å²) in [6.45, 7) is -3.08. The Bertz CT molecular complexity index is 11.6. The molecule has 0 atom stereocenters. The van der Waals surface area contributed by atoms with Gasteiger partial charge in [-0.25, -0.2) is 0 Å². The summed E-state index contributed by atoms with van der Waals surface area (Å²) in [5, 5.41) is 0. The minimum Gasteiger partial charge on any atom is -0.385 e. The van der Waals surface area contributed by atoms with E-state index in [1.54, 1.807) is 0 Å². The summed E-state index contributed by atoms with van der Waals surface area (Å²) in [6.07, 6.45) is 0. The van der Waals surface area contributed by atoms with Crippen LogP contribution in [0.2, 0.25) is 0 Å². The summed E-state index contributed by atoms with van der Waals surface area (Å²) in [6, 6.07) is 0. The fourth-order valence-corrected chi connectivity index (χ4v) is 0. The van der Waals surface area contributed by atoms with Gasteiger partial charge in [-0.05, 0) is 0 Å². The maximum Gasteiger partial charge on any atom is 2.00 e. The van der Waals surface area contributed by atoms with Gasteiger partial charge in [0.25, 0.3) is 0 Å². The van der Waals surface area contributed by atoms with Gasteiger partial charge in [0.15, 0.2) is 6.68 Å². The average molecular weight is 133 g/mol. The van der Waals surface area contributed by atoms with E-state index in [1.165, 1.54) is 0 Å². The Hall–Kier alpha value is 0.309. The first-order valence-electron chi connectivity index (χ1n) is 0.567. The van der Waals surface area contributed by atoms with Crippen LogP contribution in [0.4, 0.5) is 13.2 Å². The molecule has 0 aliphatic carbocycles. The number of rotatable bonds is 0. The number of halogens is 3. The minimum absolute atomic E-state index is 0. The third-order valence-electron chi connectivity index (χ3n) is 0. The molecule has 0 amide bonds. The molecule has 0 heterocycles. The second-order valence-electron chi connectivity index (χ2n) is 0.214. The van der Waals surface area contributed by atoms with Gasteiger partial charge in [0, 0.05) is 0 Å². The van der Waals surface area contributed by atoms with Crippen LogP contribution in [-0.4, -0.2) is 0 Å². The van der Waals surface area contributed by atoms with Crippen LogP contribution in [0.1, 0.15) is 0 Å². The van der Waals surface area contributed by atoms with E-state index < -0.39 is 6.68 Å². The topological polar surface area (TPSA) is 0 Å². The van der Waals surface area contributed by atoms with Crippen molar-refractivity contribution in [3.63, 3.8) is 0 Å². The van der Waals surface area contributed by atoms with E-state index in [4.69, 9.17) is 0 Å². The van der Waals surface area contributed by atoms with E-state index in [2.05, 4.69) is 0 Å². The Labute approximate surface area is 37.8 Å². The Morgan fingerprint density at radius 3 is 1.00 bits per heavy atom. The average Bonchev–Trinajstić information content (AvgIpc) is 0.811. The minimum atomic E-state index is -3.08. The molecule has 0 aromatic heterocycles. The van der Waals surface area contributed by atoms with Gasteiger partial charge in [-0.15, -0.1) is 0 Å². The Morgan fingerprint density at radius 1 is 1.00 bits per heavy atom. The molecule has 0 rings (SSSR count). The molecule has 0 aliphatic heterocycles. The smallest absolute Gasteiger partial charge is 0.385 e. The van der Waals surface area contributed by atoms with Crippen molar-refractivity contribution in [3.05, 3.63) is 6.68 Å². The van der Waals surface area contributed by atoms with E-state index in [0.29, 0.717) is 0 Å². The van der Waals surface area contributed by atoms with Crippen molar-refractivity contribution in [2.75, 3.05) is 0 Å². The van der Waals surface area contributed by atoms with E-state index >= 15 is 0 Å². The quantitative estimate of drug-likeness (QED) is 0.345. The summed E-state index contributed by atoms with van der Waals surface area (Å²) in [5.74, 6) is 0. The van der Waals surface area contributed by atoms with Crippen LogP contribution < -0.4 is 0 Å². The molecule has 0 saturated carbocycles. The fraction of sp³-hybridized carbons (Fsp3) is 0. The number of hydrogen-bond acceptors (Lipinski definition) is 0. The monoisotopic (exact) mass is 132 g/mol. The van der Waals surface area contributed by atoms with Crippen LogP contribution in [0.25, 0.3) is 0 Å². The SMILES string of the molecule is F[C-](F)F.[Cu+2]. The van der Waals surface area contributed by atoms with Crippen LogP contribution >= 0.6 is 0 Å². The van der Waals surface area contributed by atoms with Gasteiger partial charge in [-0.2, -0.15) is 0 Å². The summed E-state index contributed by atoms with van der Waals surface area (Å²) in [7, 11) is 0. The molecule has 0 N–H and O–H groups in total. The first kappa shape index (κ1) is 9.00. The first-order chi connectivity index (χ1) is 1.73. The Kier molecular flexibility index (Phi) is 7.76. The molecule has 0 unspecified atom stereocenters.